The third-order valence-corrected chi connectivity index (χ3v) is 3.72. The Hall–Kier alpha value is -2.26. The standard InChI is InChI=1S/C17H15ClN2O/c1-21-17-9-14(5-6-16(17)18)20-11-13-4-2-3-12-10-19-8-7-15(12)13/h2-10,20H,11H2,1H3. The van der Waals surface area contributed by atoms with E-state index < -0.39 is 0 Å². The Morgan fingerprint density at radius 1 is 1.19 bits per heavy atom. The van der Waals surface area contributed by atoms with Crippen LogP contribution in [-0.4, -0.2) is 12.1 Å². The van der Waals surface area contributed by atoms with Crippen molar-refractivity contribution >= 4 is 28.1 Å². The second-order valence-electron chi connectivity index (χ2n) is 4.72. The van der Waals surface area contributed by atoms with Crippen LogP contribution in [0.1, 0.15) is 5.56 Å². The molecule has 1 N–H and O–H groups in total. The van der Waals surface area contributed by atoms with Gasteiger partial charge in [0.2, 0.25) is 0 Å². The molecule has 3 nitrogen and oxygen atoms in total. The maximum atomic E-state index is 6.03. The molecular weight excluding hydrogens is 284 g/mol. The highest BCUT2D eigenvalue weighted by Gasteiger charge is 2.03. The number of nitrogens with one attached hydrogen (secondary N) is 1. The molecule has 3 rings (SSSR count). The zero-order chi connectivity index (χ0) is 14.7. The molecule has 106 valence electrons. The minimum Gasteiger partial charge on any atom is -0.495 e. The Morgan fingerprint density at radius 3 is 2.95 bits per heavy atom. The number of pyridine rings is 1. The highest BCUT2D eigenvalue weighted by Crippen LogP contribution is 2.28. The van der Waals surface area contributed by atoms with Gasteiger partial charge in [-0.05, 0) is 29.1 Å². The fourth-order valence-electron chi connectivity index (χ4n) is 2.31. The summed E-state index contributed by atoms with van der Waals surface area (Å²) in [4.78, 5) is 4.15. The first kappa shape index (κ1) is 13.7. The molecule has 0 radical (unpaired) electrons. The summed E-state index contributed by atoms with van der Waals surface area (Å²) in [5.74, 6) is 0.670. The van der Waals surface area contributed by atoms with Gasteiger partial charge in [0.15, 0.2) is 0 Å². The van der Waals surface area contributed by atoms with Crippen LogP contribution in [-0.2, 0) is 6.54 Å². The Bertz CT molecular complexity index is 768. The summed E-state index contributed by atoms with van der Waals surface area (Å²) in [6.45, 7) is 0.728. The van der Waals surface area contributed by atoms with E-state index in [1.165, 1.54) is 10.9 Å². The van der Waals surface area contributed by atoms with E-state index in [-0.39, 0.29) is 0 Å². The first-order chi connectivity index (χ1) is 10.3. The number of nitrogens with zero attached hydrogens (tertiary/aromatic N) is 1. The number of halogens is 1. The van der Waals surface area contributed by atoms with Gasteiger partial charge >= 0.3 is 0 Å². The monoisotopic (exact) mass is 298 g/mol. The summed E-state index contributed by atoms with van der Waals surface area (Å²) in [6.07, 6.45) is 3.70. The van der Waals surface area contributed by atoms with Gasteiger partial charge in [0.25, 0.3) is 0 Å². The lowest BCUT2D eigenvalue weighted by Crippen LogP contribution is -2.00. The van der Waals surface area contributed by atoms with Crippen molar-refractivity contribution in [3.8, 4) is 5.75 Å². The summed E-state index contributed by atoms with van der Waals surface area (Å²) < 4.78 is 5.23. The van der Waals surface area contributed by atoms with Crippen molar-refractivity contribution in [3.05, 3.63) is 65.4 Å². The molecule has 0 amide bonds. The third-order valence-electron chi connectivity index (χ3n) is 3.41. The molecule has 4 heteroatoms. The number of ether oxygens (including phenoxy) is 1. The van der Waals surface area contributed by atoms with Gasteiger partial charge in [-0.1, -0.05) is 29.8 Å². The molecule has 0 fully saturated rings. The fraction of sp³-hybridized carbons (Fsp3) is 0.118. The van der Waals surface area contributed by atoms with Crippen molar-refractivity contribution in [3.63, 3.8) is 0 Å². The van der Waals surface area contributed by atoms with E-state index in [4.69, 9.17) is 16.3 Å². The molecule has 1 heterocycles. The quantitative estimate of drug-likeness (QED) is 0.769. The second-order valence-corrected chi connectivity index (χ2v) is 5.12. The van der Waals surface area contributed by atoms with E-state index in [9.17, 15) is 0 Å². The molecule has 3 aromatic rings. The molecule has 0 bridgehead atoms. The van der Waals surface area contributed by atoms with E-state index in [0.717, 1.165) is 17.6 Å². The largest absolute Gasteiger partial charge is 0.495 e. The topological polar surface area (TPSA) is 34.1 Å². The van der Waals surface area contributed by atoms with Gasteiger partial charge in [-0.3, -0.25) is 4.98 Å². The predicted molar refractivity (Wildman–Crippen MR) is 87.1 cm³/mol. The van der Waals surface area contributed by atoms with Gasteiger partial charge in [0.1, 0.15) is 5.75 Å². The highest BCUT2D eigenvalue weighted by atomic mass is 35.5. The lowest BCUT2D eigenvalue weighted by molar-refractivity contribution is 0.415. The molecule has 0 saturated carbocycles. The molecule has 0 unspecified atom stereocenters. The summed E-state index contributed by atoms with van der Waals surface area (Å²) in [6, 6.07) is 13.9. The van der Waals surface area contributed by atoms with Crippen LogP contribution in [0.5, 0.6) is 5.75 Å². The number of hydrogen-bond acceptors (Lipinski definition) is 3. The first-order valence-corrected chi connectivity index (χ1v) is 7.05. The second kappa shape index (κ2) is 6.02. The maximum absolute atomic E-state index is 6.03. The Labute approximate surface area is 128 Å². The van der Waals surface area contributed by atoms with Crippen molar-refractivity contribution in [2.75, 3.05) is 12.4 Å². The lowest BCUT2D eigenvalue weighted by atomic mass is 10.1. The van der Waals surface area contributed by atoms with Crippen LogP contribution in [0.2, 0.25) is 5.02 Å². The highest BCUT2D eigenvalue weighted by molar-refractivity contribution is 6.32. The van der Waals surface area contributed by atoms with Crippen LogP contribution in [0.3, 0.4) is 0 Å². The van der Waals surface area contributed by atoms with Gasteiger partial charge in [-0.15, -0.1) is 0 Å². The minimum absolute atomic E-state index is 0.610. The van der Waals surface area contributed by atoms with Gasteiger partial charge in [0.05, 0.1) is 12.1 Å². The van der Waals surface area contributed by atoms with Crippen molar-refractivity contribution in [1.82, 2.24) is 4.98 Å². The molecule has 2 aromatic carbocycles. The summed E-state index contributed by atoms with van der Waals surface area (Å²) >= 11 is 6.03. The van der Waals surface area contributed by atoms with Crippen LogP contribution in [0.25, 0.3) is 10.8 Å². The summed E-state index contributed by atoms with van der Waals surface area (Å²) in [7, 11) is 1.61. The minimum atomic E-state index is 0.610. The number of rotatable bonds is 4. The predicted octanol–water partition coefficient (Wildman–Crippen LogP) is 4.51. The number of hydrogen-bond donors (Lipinski definition) is 1. The molecule has 0 spiro atoms. The van der Waals surface area contributed by atoms with Crippen molar-refractivity contribution in [2.24, 2.45) is 0 Å². The summed E-state index contributed by atoms with van der Waals surface area (Å²) in [5, 5.41) is 6.36. The van der Waals surface area contributed by atoms with E-state index in [1.807, 2.05) is 42.7 Å². The smallest absolute Gasteiger partial charge is 0.139 e. The van der Waals surface area contributed by atoms with Gasteiger partial charge in [-0.2, -0.15) is 0 Å². The fourth-order valence-corrected chi connectivity index (χ4v) is 2.51. The van der Waals surface area contributed by atoms with Crippen LogP contribution >= 0.6 is 11.6 Å². The Morgan fingerprint density at radius 2 is 2.10 bits per heavy atom. The van der Waals surface area contributed by atoms with E-state index >= 15 is 0 Å². The summed E-state index contributed by atoms with van der Waals surface area (Å²) in [5.41, 5.74) is 2.20. The van der Waals surface area contributed by atoms with Gasteiger partial charge < -0.3 is 10.1 Å². The van der Waals surface area contributed by atoms with E-state index in [2.05, 4.69) is 22.4 Å². The molecular formula is C17H15ClN2O. The van der Waals surface area contributed by atoms with Gasteiger partial charge in [-0.25, -0.2) is 0 Å². The first-order valence-electron chi connectivity index (χ1n) is 6.67. The number of fused-ring (bicyclic) bond motifs is 1. The Kier molecular flexibility index (Phi) is 3.93. The average Bonchev–Trinajstić information content (AvgIpc) is 2.54. The van der Waals surface area contributed by atoms with Crippen LogP contribution in [0, 0.1) is 0 Å². The molecule has 0 atom stereocenters. The molecule has 0 aliphatic heterocycles. The van der Waals surface area contributed by atoms with Crippen LogP contribution in [0.15, 0.2) is 54.9 Å². The SMILES string of the molecule is COc1cc(NCc2cccc3cnccc23)ccc1Cl. The normalized spacial score (nSPS) is 10.6. The number of aromatic nitrogens is 1. The maximum Gasteiger partial charge on any atom is 0.139 e. The lowest BCUT2D eigenvalue weighted by Gasteiger charge is -2.11. The Balaban J connectivity index is 1.83. The van der Waals surface area contributed by atoms with Crippen molar-refractivity contribution in [2.45, 2.75) is 6.54 Å². The van der Waals surface area contributed by atoms with Gasteiger partial charge in [0, 0.05) is 36.1 Å². The van der Waals surface area contributed by atoms with E-state index in [0.29, 0.717) is 10.8 Å². The van der Waals surface area contributed by atoms with Crippen LogP contribution < -0.4 is 10.1 Å². The molecule has 0 aliphatic carbocycles. The molecule has 1 aromatic heterocycles. The molecule has 0 saturated heterocycles. The molecule has 0 aliphatic rings. The third kappa shape index (κ3) is 2.93. The molecule has 21 heavy (non-hydrogen) atoms. The zero-order valence-corrected chi connectivity index (χ0v) is 12.4. The zero-order valence-electron chi connectivity index (χ0n) is 11.6. The van der Waals surface area contributed by atoms with Crippen LogP contribution in [0.4, 0.5) is 5.69 Å². The number of anilines is 1. The number of benzene rings is 2. The van der Waals surface area contributed by atoms with Crippen molar-refractivity contribution in [1.29, 1.82) is 0 Å². The average molecular weight is 299 g/mol. The van der Waals surface area contributed by atoms with E-state index in [1.54, 1.807) is 7.11 Å². The van der Waals surface area contributed by atoms with Crippen molar-refractivity contribution < 1.29 is 4.74 Å². The number of methoxy groups -OCH3 is 1.